The van der Waals surface area contributed by atoms with Gasteiger partial charge in [-0.25, -0.2) is 0 Å². The molecule has 1 aliphatic carbocycles. The third kappa shape index (κ3) is 2.07. The molecular formula is C18H8F2N4. The van der Waals surface area contributed by atoms with Crippen LogP contribution >= 0.6 is 0 Å². The van der Waals surface area contributed by atoms with Crippen LogP contribution < -0.4 is 0 Å². The summed E-state index contributed by atoms with van der Waals surface area (Å²) in [6.07, 6.45) is 3.27. The van der Waals surface area contributed by atoms with Crippen LogP contribution in [0.1, 0.15) is 16.7 Å². The zero-order chi connectivity index (χ0) is 16.7. The molecule has 0 unspecified atom stereocenters. The van der Waals surface area contributed by atoms with Gasteiger partial charge in [0.2, 0.25) is 11.9 Å². The van der Waals surface area contributed by atoms with Crippen LogP contribution in [-0.2, 0) is 0 Å². The molecule has 0 radical (unpaired) electrons. The van der Waals surface area contributed by atoms with Crippen LogP contribution in [0.25, 0.3) is 22.5 Å². The summed E-state index contributed by atoms with van der Waals surface area (Å²) < 4.78 is 27.0. The Morgan fingerprint density at radius 2 is 1.46 bits per heavy atom. The van der Waals surface area contributed by atoms with Gasteiger partial charge >= 0.3 is 0 Å². The summed E-state index contributed by atoms with van der Waals surface area (Å²) in [7, 11) is 0. The fourth-order valence-electron chi connectivity index (χ4n) is 2.88. The fraction of sp³-hybridized carbons (Fsp3) is 0. The summed E-state index contributed by atoms with van der Waals surface area (Å²) in [5, 5.41) is 9.66. The van der Waals surface area contributed by atoms with Crippen molar-refractivity contribution in [1.82, 2.24) is 15.0 Å². The highest BCUT2D eigenvalue weighted by atomic mass is 19.1. The number of allylic oxidation sites excluding steroid dienone is 1. The largest absolute Gasteiger partial charge is 0.254 e. The molecule has 3 heterocycles. The molecule has 0 saturated heterocycles. The summed E-state index contributed by atoms with van der Waals surface area (Å²) in [6.45, 7) is 0. The molecule has 0 amide bonds. The van der Waals surface area contributed by atoms with Crippen LogP contribution in [0.4, 0.5) is 8.78 Å². The minimum atomic E-state index is -0.978. The Morgan fingerprint density at radius 3 is 1.96 bits per heavy atom. The second-order valence-corrected chi connectivity index (χ2v) is 5.16. The SMILES string of the molecule is N#CC(=C1c2cccnc2-c2ncccc21)c1cc(F)nc(F)c1. The number of nitrogens with zero attached hydrogens (tertiary/aromatic N) is 4. The van der Waals surface area contributed by atoms with Crippen molar-refractivity contribution < 1.29 is 8.78 Å². The molecule has 0 saturated carbocycles. The maximum atomic E-state index is 13.5. The van der Waals surface area contributed by atoms with E-state index in [4.69, 9.17) is 0 Å². The molecule has 3 aromatic rings. The summed E-state index contributed by atoms with van der Waals surface area (Å²) in [5.41, 5.74) is 3.55. The van der Waals surface area contributed by atoms with Gasteiger partial charge in [0.1, 0.15) is 6.07 Å². The molecule has 0 N–H and O–H groups in total. The summed E-state index contributed by atoms with van der Waals surface area (Å²) in [5.74, 6) is -1.96. The van der Waals surface area contributed by atoms with Gasteiger partial charge < -0.3 is 0 Å². The quantitative estimate of drug-likeness (QED) is 0.397. The summed E-state index contributed by atoms with van der Waals surface area (Å²) in [4.78, 5) is 11.7. The van der Waals surface area contributed by atoms with Gasteiger partial charge in [0.15, 0.2) is 0 Å². The standard InChI is InChI=1S/C18H8F2N4/c19-14-7-10(8-15(20)24-14)13(9-21)16-11-3-1-5-22-17(11)18-12(16)4-2-6-23-18/h1-8H. The molecule has 1 aliphatic rings. The third-order valence-electron chi connectivity index (χ3n) is 3.79. The molecular weight excluding hydrogens is 310 g/mol. The summed E-state index contributed by atoms with van der Waals surface area (Å²) in [6, 6.07) is 11.2. The molecule has 4 rings (SSSR count). The van der Waals surface area contributed by atoms with E-state index in [0.29, 0.717) is 28.1 Å². The van der Waals surface area contributed by atoms with Crippen molar-refractivity contribution in [2.24, 2.45) is 0 Å². The zero-order valence-electron chi connectivity index (χ0n) is 12.2. The Kier molecular flexibility index (Phi) is 3.14. The molecule has 0 aromatic carbocycles. The highest BCUT2D eigenvalue weighted by molar-refractivity contribution is 6.11. The van der Waals surface area contributed by atoms with E-state index >= 15 is 0 Å². The number of hydrogen-bond donors (Lipinski definition) is 0. The van der Waals surface area contributed by atoms with Gasteiger partial charge in [-0.2, -0.15) is 19.0 Å². The monoisotopic (exact) mass is 318 g/mol. The molecule has 3 aromatic heterocycles. The van der Waals surface area contributed by atoms with Crippen molar-refractivity contribution in [1.29, 1.82) is 5.26 Å². The molecule has 0 aliphatic heterocycles. The molecule has 0 atom stereocenters. The minimum Gasteiger partial charge on any atom is -0.254 e. The van der Waals surface area contributed by atoms with Gasteiger partial charge in [-0.3, -0.25) is 9.97 Å². The van der Waals surface area contributed by atoms with Crippen molar-refractivity contribution >= 4 is 11.1 Å². The molecule has 0 fully saturated rings. The van der Waals surface area contributed by atoms with Crippen molar-refractivity contribution in [3.05, 3.63) is 77.4 Å². The number of pyridine rings is 3. The Labute approximate surface area is 135 Å². The van der Waals surface area contributed by atoms with E-state index in [9.17, 15) is 14.0 Å². The lowest BCUT2D eigenvalue weighted by atomic mass is 9.95. The Morgan fingerprint density at radius 1 is 0.917 bits per heavy atom. The first-order valence-electron chi connectivity index (χ1n) is 7.08. The molecule has 6 heteroatoms. The van der Waals surface area contributed by atoms with Gasteiger partial charge in [0.25, 0.3) is 0 Å². The Bertz CT molecular complexity index is 983. The number of rotatable bonds is 1. The van der Waals surface area contributed by atoms with Gasteiger partial charge in [-0.1, -0.05) is 12.1 Å². The van der Waals surface area contributed by atoms with Crippen molar-refractivity contribution in [3.8, 4) is 17.5 Å². The lowest BCUT2D eigenvalue weighted by molar-refractivity contribution is 0.512. The van der Waals surface area contributed by atoms with Crippen LogP contribution in [0.2, 0.25) is 0 Å². The van der Waals surface area contributed by atoms with Crippen molar-refractivity contribution in [2.45, 2.75) is 0 Å². The maximum absolute atomic E-state index is 13.5. The highest BCUT2D eigenvalue weighted by Crippen LogP contribution is 2.44. The Balaban J connectivity index is 2.09. The number of halogens is 2. The smallest absolute Gasteiger partial charge is 0.216 e. The summed E-state index contributed by atoms with van der Waals surface area (Å²) >= 11 is 0. The second kappa shape index (κ2) is 5.32. The van der Waals surface area contributed by atoms with Gasteiger partial charge in [0.05, 0.1) is 17.0 Å². The second-order valence-electron chi connectivity index (χ2n) is 5.16. The van der Waals surface area contributed by atoms with E-state index in [1.165, 1.54) is 0 Å². The topological polar surface area (TPSA) is 62.5 Å². The van der Waals surface area contributed by atoms with Gasteiger partial charge in [-0.05, 0) is 12.1 Å². The number of nitriles is 1. The maximum Gasteiger partial charge on any atom is 0.216 e. The Hall–Kier alpha value is -3.46. The predicted molar refractivity (Wildman–Crippen MR) is 83.2 cm³/mol. The number of aromatic nitrogens is 3. The highest BCUT2D eigenvalue weighted by Gasteiger charge is 2.29. The normalized spacial score (nSPS) is 11.6. The minimum absolute atomic E-state index is 0.129. The van der Waals surface area contributed by atoms with Crippen LogP contribution in [0.5, 0.6) is 0 Å². The lowest BCUT2D eigenvalue weighted by Crippen LogP contribution is -1.95. The van der Waals surface area contributed by atoms with Crippen LogP contribution in [0, 0.1) is 23.2 Å². The van der Waals surface area contributed by atoms with E-state index in [1.807, 2.05) is 12.1 Å². The molecule has 4 nitrogen and oxygen atoms in total. The van der Waals surface area contributed by atoms with Crippen LogP contribution in [0.3, 0.4) is 0 Å². The molecule has 0 bridgehead atoms. The van der Waals surface area contributed by atoms with E-state index in [0.717, 1.165) is 12.1 Å². The molecule has 114 valence electrons. The van der Waals surface area contributed by atoms with Crippen molar-refractivity contribution in [2.75, 3.05) is 0 Å². The average molecular weight is 318 g/mol. The van der Waals surface area contributed by atoms with E-state index in [-0.39, 0.29) is 11.1 Å². The first-order valence-corrected chi connectivity index (χ1v) is 7.08. The van der Waals surface area contributed by atoms with Crippen molar-refractivity contribution in [3.63, 3.8) is 0 Å². The lowest BCUT2D eigenvalue weighted by Gasteiger charge is -2.07. The van der Waals surface area contributed by atoms with E-state index in [2.05, 4.69) is 21.0 Å². The average Bonchev–Trinajstić information content (AvgIpc) is 2.90. The fourth-order valence-corrected chi connectivity index (χ4v) is 2.88. The predicted octanol–water partition coefficient (Wildman–Crippen LogP) is 3.61. The van der Waals surface area contributed by atoms with Gasteiger partial charge in [-0.15, -0.1) is 0 Å². The van der Waals surface area contributed by atoms with Gasteiger partial charge in [0, 0.05) is 46.8 Å². The number of fused-ring (bicyclic) bond motifs is 3. The first kappa shape index (κ1) is 14.2. The van der Waals surface area contributed by atoms with E-state index < -0.39 is 11.9 Å². The molecule has 0 spiro atoms. The van der Waals surface area contributed by atoms with E-state index in [1.54, 1.807) is 24.5 Å². The number of hydrogen-bond acceptors (Lipinski definition) is 4. The molecule has 24 heavy (non-hydrogen) atoms. The zero-order valence-corrected chi connectivity index (χ0v) is 12.2. The van der Waals surface area contributed by atoms with Crippen LogP contribution in [-0.4, -0.2) is 15.0 Å². The third-order valence-corrected chi connectivity index (χ3v) is 3.79. The first-order chi connectivity index (χ1) is 11.7. The van der Waals surface area contributed by atoms with Crippen LogP contribution in [0.15, 0.2) is 48.8 Å².